The van der Waals surface area contributed by atoms with E-state index in [0.717, 1.165) is 21.2 Å². The zero-order valence-electron chi connectivity index (χ0n) is 9.00. The molecule has 1 aromatic rings. The molecule has 2 N–H and O–H groups in total. The second kappa shape index (κ2) is 4.66. The number of halogens is 1. The van der Waals surface area contributed by atoms with Crippen LogP contribution in [-0.2, 0) is 4.74 Å². The minimum atomic E-state index is -0.749. The monoisotopic (exact) mass is 271 g/mol. The molecular formula is C11H14BrNO2. The Morgan fingerprint density at radius 2 is 1.87 bits per heavy atom. The van der Waals surface area contributed by atoms with Gasteiger partial charge in [-0.3, -0.25) is 0 Å². The van der Waals surface area contributed by atoms with Gasteiger partial charge in [-0.15, -0.1) is 0 Å². The number of rotatable bonds is 2. The fraction of sp³-hybridized carbons (Fsp3) is 0.364. The molecule has 1 atom stereocenters. The summed E-state index contributed by atoms with van der Waals surface area (Å²) in [5, 5.41) is 0. The zero-order valence-corrected chi connectivity index (χ0v) is 10.6. The summed E-state index contributed by atoms with van der Waals surface area (Å²) in [7, 11) is 0. The van der Waals surface area contributed by atoms with Crippen LogP contribution in [0.4, 0.5) is 4.79 Å². The third-order valence-electron chi connectivity index (χ3n) is 2.22. The van der Waals surface area contributed by atoms with E-state index in [0.29, 0.717) is 0 Å². The molecule has 0 spiro atoms. The van der Waals surface area contributed by atoms with Crippen molar-refractivity contribution in [3.05, 3.63) is 33.3 Å². The maximum atomic E-state index is 10.6. The number of nitrogens with two attached hydrogens (primary N) is 1. The first-order chi connectivity index (χ1) is 6.91. The van der Waals surface area contributed by atoms with Crippen molar-refractivity contribution in [1.29, 1.82) is 0 Å². The number of hydrogen-bond donors (Lipinski definition) is 1. The molecule has 0 radical (unpaired) electrons. The van der Waals surface area contributed by atoms with Crippen molar-refractivity contribution in [1.82, 2.24) is 0 Å². The van der Waals surface area contributed by atoms with E-state index in [1.54, 1.807) is 6.92 Å². The molecule has 3 nitrogen and oxygen atoms in total. The van der Waals surface area contributed by atoms with Crippen LogP contribution in [0.5, 0.6) is 0 Å². The van der Waals surface area contributed by atoms with E-state index in [1.807, 2.05) is 26.0 Å². The van der Waals surface area contributed by atoms with Crippen molar-refractivity contribution in [3.63, 3.8) is 0 Å². The SMILES string of the molecule is Cc1cc(C(C)OC(N)=O)cc(C)c1Br. The second-order valence-electron chi connectivity index (χ2n) is 3.55. The van der Waals surface area contributed by atoms with Crippen LogP contribution in [0.3, 0.4) is 0 Å². The molecule has 0 fully saturated rings. The van der Waals surface area contributed by atoms with E-state index >= 15 is 0 Å². The molecule has 82 valence electrons. The van der Waals surface area contributed by atoms with Gasteiger partial charge in [0, 0.05) is 4.47 Å². The maximum absolute atomic E-state index is 10.6. The Kier molecular flexibility index (Phi) is 3.74. The molecular weight excluding hydrogens is 258 g/mol. The van der Waals surface area contributed by atoms with Crippen LogP contribution >= 0.6 is 15.9 Å². The number of benzene rings is 1. The first kappa shape index (κ1) is 12.0. The van der Waals surface area contributed by atoms with Gasteiger partial charge in [-0.1, -0.05) is 28.1 Å². The Balaban J connectivity index is 3.00. The highest BCUT2D eigenvalue weighted by Crippen LogP contribution is 2.26. The fourth-order valence-electron chi connectivity index (χ4n) is 1.46. The molecule has 0 aliphatic carbocycles. The van der Waals surface area contributed by atoms with Gasteiger partial charge >= 0.3 is 6.09 Å². The molecule has 0 aliphatic rings. The van der Waals surface area contributed by atoms with E-state index in [2.05, 4.69) is 15.9 Å². The van der Waals surface area contributed by atoms with Crippen molar-refractivity contribution in [2.75, 3.05) is 0 Å². The van der Waals surface area contributed by atoms with Gasteiger partial charge in [-0.05, 0) is 37.5 Å². The summed E-state index contributed by atoms with van der Waals surface area (Å²) in [5.74, 6) is 0. The molecule has 15 heavy (non-hydrogen) atoms. The highest BCUT2D eigenvalue weighted by atomic mass is 79.9. The minimum absolute atomic E-state index is 0.312. The molecule has 0 saturated carbocycles. The van der Waals surface area contributed by atoms with Gasteiger partial charge in [0.1, 0.15) is 6.10 Å². The molecule has 1 amide bonds. The topological polar surface area (TPSA) is 52.3 Å². The van der Waals surface area contributed by atoms with Crippen molar-refractivity contribution >= 4 is 22.0 Å². The average molecular weight is 272 g/mol. The van der Waals surface area contributed by atoms with Crippen LogP contribution in [0, 0.1) is 13.8 Å². The lowest BCUT2D eigenvalue weighted by molar-refractivity contribution is 0.116. The van der Waals surface area contributed by atoms with Crippen LogP contribution in [0.25, 0.3) is 0 Å². The summed E-state index contributed by atoms with van der Waals surface area (Å²) in [5.41, 5.74) is 8.15. The summed E-state index contributed by atoms with van der Waals surface area (Å²) < 4.78 is 5.99. The third kappa shape index (κ3) is 2.96. The van der Waals surface area contributed by atoms with E-state index in [9.17, 15) is 4.79 Å². The molecule has 0 heterocycles. The largest absolute Gasteiger partial charge is 0.442 e. The van der Waals surface area contributed by atoms with Gasteiger partial charge in [0.05, 0.1) is 0 Å². The van der Waals surface area contributed by atoms with Crippen LogP contribution < -0.4 is 5.73 Å². The van der Waals surface area contributed by atoms with Crippen LogP contribution in [0.1, 0.15) is 29.7 Å². The summed E-state index contributed by atoms with van der Waals surface area (Å²) in [4.78, 5) is 10.6. The lowest BCUT2D eigenvalue weighted by atomic mass is 10.0. The Hall–Kier alpha value is -1.03. The predicted octanol–water partition coefficient (Wildman–Crippen LogP) is 3.22. The van der Waals surface area contributed by atoms with E-state index in [1.165, 1.54) is 0 Å². The molecule has 0 aliphatic heterocycles. The molecule has 0 aromatic heterocycles. The molecule has 1 rings (SSSR count). The molecule has 4 heteroatoms. The zero-order chi connectivity index (χ0) is 11.6. The van der Waals surface area contributed by atoms with Gasteiger partial charge in [-0.25, -0.2) is 4.79 Å². The number of carbonyl (C=O) groups is 1. The lowest BCUT2D eigenvalue weighted by Crippen LogP contribution is -2.15. The quantitative estimate of drug-likeness (QED) is 0.898. The Labute approximate surface area is 97.7 Å². The van der Waals surface area contributed by atoms with Crippen LogP contribution in [0.15, 0.2) is 16.6 Å². The van der Waals surface area contributed by atoms with E-state index in [4.69, 9.17) is 10.5 Å². The summed E-state index contributed by atoms with van der Waals surface area (Å²) in [6, 6.07) is 3.95. The lowest BCUT2D eigenvalue weighted by Gasteiger charge is -2.14. The summed E-state index contributed by atoms with van der Waals surface area (Å²) >= 11 is 3.48. The number of primary amides is 1. The van der Waals surface area contributed by atoms with E-state index in [-0.39, 0.29) is 6.10 Å². The molecule has 0 bridgehead atoms. The first-order valence-corrected chi connectivity index (χ1v) is 5.44. The number of hydrogen-bond acceptors (Lipinski definition) is 2. The Bertz CT molecular complexity index is 367. The standard InChI is InChI=1S/C11H14BrNO2/c1-6-4-9(5-7(2)10(6)12)8(3)15-11(13)14/h4-5,8H,1-3H3,(H2,13,14). The highest BCUT2D eigenvalue weighted by molar-refractivity contribution is 9.10. The summed E-state index contributed by atoms with van der Waals surface area (Å²) in [6.07, 6.45) is -1.06. The molecule has 1 unspecified atom stereocenters. The second-order valence-corrected chi connectivity index (χ2v) is 4.34. The number of carbonyl (C=O) groups excluding carboxylic acids is 1. The smallest absolute Gasteiger partial charge is 0.405 e. The number of amides is 1. The third-order valence-corrected chi connectivity index (χ3v) is 3.47. The normalized spacial score (nSPS) is 12.3. The Morgan fingerprint density at radius 1 is 1.40 bits per heavy atom. The summed E-state index contributed by atoms with van der Waals surface area (Å²) in [6.45, 7) is 5.79. The maximum Gasteiger partial charge on any atom is 0.405 e. The first-order valence-electron chi connectivity index (χ1n) is 4.64. The fourth-order valence-corrected chi connectivity index (χ4v) is 1.69. The van der Waals surface area contributed by atoms with Crippen molar-refractivity contribution < 1.29 is 9.53 Å². The molecule has 0 saturated heterocycles. The predicted molar refractivity (Wildman–Crippen MR) is 62.7 cm³/mol. The minimum Gasteiger partial charge on any atom is -0.442 e. The van der Waals surface area contributed by atoms with E-state index < -0.39 is 6.09 Å². The number of ether oxygens (including phenoxy) is 1. The van der Waals surface area contributed by atoms with Crippen molar-refractivity contribution in [2.45, 2.75) is 26.9 Å². The number of aryl methyl sites for hydroxylation is 2. The van der Waals surface area contributed by atoms with Crippen molar-refractivity contribution in [3.8, 4) is 0 Å². The van der Waals surface area contributed by atoms with Crippen LogP contribution in [-0.4, -0.2) is 6.09 Å². The Morgan fingerprint density at radius 3 is 2.27 bits per heavy atom. The van der Waals surface area contributed by atoms with Gasteiger partial charge in [0.25, 0.3) is 0 Å². The van der Waals surface area contributed by atoms with Gasteiger partial charge < -0.3 is 10.5 Å². The van der Waals surface area contributed by atoms with Crippen molar-refractivity contribution in [2.24, 2.45) is 5.73 Å². The highest BCUT2D eigenvalue weighted by Gasteiger charge is 2.11. The van der Waals surface area contributed by atoms with Gasteiger partial charge in [0.15, 0.2) is 0 Å². The molecule has 1 aromatic carbocycles. The average Bonchev–Trinajstić information content (AvgIpc) is 2.12. The van der Waals surface area contributed by atoms with Crippen LogP contribution in [0.2, 0.25) is 0 Å². The van der Waals surface area contributed by atoms with Gasteiger partial charge in [-0.2, -0.15) is 0 Å². The van der Waals surface area contributed by atoms with Gasteiger partial charge in [0.2, 0.25) is 0 Å².